The Bertz CT molecular complexity index is 903. The lowest BCUT2D eigenvalue weighted by Gasteiger charge is -2.01. The molecule has 23 heavy (non-hydrogen) atoms. The van der Waals surface area contributed by atoms with Crippen molar-refractivity contribution in [2.24, 2.45) is 4.99 Å². The highest BCUT2D eigenvalue weighted by Crippen LogP contribution is 2.23. The first kappa shape index (κ1) is 15.1. The van der Waals surface area contributed by atoms with Crippen molar-refractivity contribution in [1.29, 1.82) is 5.26 Å². The summed E-state index contributed by atoms with van der Waals surface area (Å²) in [5, 5.41) is 11.8. The zero-order chi connectivity index (χ0) is 16.2. The third kappa shape index (κ3) is 3.20. The number of nitrogens with zero attached hydrogens (tertiary/aromatic N) is 4. The minimum atomic E-state index is 0.573. The van der Waals surface area contributed by atoms with E-state index in [2.05, 4.69) is 28.3 Å². The second kappa shape index (κ2) is 6.55. The molecule has 0 saturated carbocycles. The summed E-state index contributed by atoms with van der Waals surface area (Å²) in [5.41, 5.74) is 4.86. The lowest BCUT2D eigenvalue weighted by atomic mass is 10.1. The van der Waals surface area contributed by atoms with Gasteiger partial charge in [0.1, 0.15) is 5.65 Å². The van der Waals surface area contributed by atoms with Gasteiger partial charge in [0.25, 0.3) is 0 Å². The SMILES string of the molecule is CSC(=Nc1ccc(-c2cn3cccc(C)c3n2)cc1)NC#N. The van der Waals surface area contributed by atoms with Crippen molar-refractivity contribution in [3.8, 4) is 17.5 Å². The van der Waals surface area contributed by atoms with Crippen LogP contribution in [0.25, 0.3) is 16.9 Å². The van der Waals surface area contributed by atoms with Gasteiger partial charge in [0, 0.05) is 18.0 Å². The first-order valence-electron chi connectivity index (χ1n) is 7.04. The molecular weight excluding hydrogens is 306 g/mol. The summed E-state index contributed by atoms with van der Waals surface area (Å²) in [6.45, 7) is 2.05. The number of thioether (sulfide) groups is 1. The molecule has 5 nitrogen and oxygen atoms in total. The molecule has 0 unspecified atom stereocenters. The van der Waals surface area contributed by atoms with Gasteiger partial charge in [-0.3, -0.25) is 5.32 Å². The van der Waals surface area contributed by atoms with Crippen LogP contribution in [0, 0.1) is 18.4 Å². The molecule has 0 bridgehead atoms. The number of benzene rings is 1. The van der Waals surface area contributed by atoms with Crippen LogP contribution in [0.2, 0.25) is 0 Å². The molecule has 0 radical (unpaired) electrons. The molecule has 2 aromatic heterocycles. The number of amidine groups is 1. The van der Waals surface area contributed by atoms with Crippen molar-refractivity contribution in [3.63, 3.8) is 0 Å². The van der Waals surface area contributed by atoms with Crippen LogP contribution in [-0.4, -0.2) is 20.8 Å². The number of aryl methyl sites for hydroxylation is 1. The maximum atomic E-state index is 8.66. The van der Waals surface area contributed by atoms with E-state index in [1.165, 1.54) is 11.8 Å². The average Bonchev–Trinajstić information content (AvgIpc) is 3.01. The molecule has 1 aromatic carbocycles. The number of aromatic nitrogens is 2. The second-order valence-electron chi connectivity index (χ2n) is 4.95. The molecule has 1 N–H and O–H groups in total. The van der Waals surface area contributed by atoms with Gasteiger partial charge in [-0.25, -0.2) is 9.98 Å². The first-order valence-corrected chi connectivity index (χ1v) is 8.26. The standard InChI is InChI=1S/C17H15N5S/c1-12-4-3-9-22-10-15(21-16(12)22)13-5-7-14(8-6-13)20-17(23-2)19-11-18/h3-10H,1-2H3,(H,19,20). The largest absolute Gasteiger partial charge is 0.306 e. The average molecular weight is 321 g/mol. The first-order chi connectivity index (χ1) is 11.2. The van der Waals surface area contributed by atoms with E-state index in [-0.39, 0.29) is 0 Å². The predicted octanol–water partition coefficient (Wildman–Crippen LogP) is 3.73. The topological polar surface area (TPSA) is 65.5 Å². The summed E-state index contributed by atoms with van der Waals surface area (Å²) >= 11 is 1.40. The quantitative estimate of drug-likeness (QED) is 0.338. The molecule has 0 aliphatic rings. The van der Waals surface area contributed by atoms with Crippen LogP contribution in [0.1, 0.15) is 5.56 Å². The highest BCUT2D eigenvalue weighted by Gasteiger charge is 2.06. The van der Waals surface area contributed by atoms with E-state index in [1.54, 1.807) is 0 Å². The maximum Gasteiger partial charge on any atom is 0.183 e. The van der Waals surface area contributed by atoms with E-state index in [9.17, 15) is 0 Å². The van der Waals surface area contributed by atoms with Gasteiger partial charge in [0.15, 0.2) is 11.4 Å². The van der Waals surface area contributed by atoms with Gasteiger partial charge >= 0.3 is 0 Å². The molecule has 0 aliphatic heterocycles. The van der Waals surface area contributed by atoms with Gasteiger partial charge in [-0.1, -0.05) is 30.0 Å². The fourth-order valence-electron chi connectivity index (χ4n) is 2.29. The van der Waals surface area contributed by atoms with Gasteiger partial charge in [-0.15, -0.1) is 0 Å². The van der Waals surface area contributed by atoms with Crippen LogP contribution in [0.4, 0.5) is 5.69 Å². The van der Waals surface area contributed by atoms with Crippen molar-refractivity contribution in [2.45, 2.75) is 6.92 Å². The van der Waals surface area contributed by atoms with Crippen LogP contribution in [0.3, 0.4) is 0 Å². The number of aliphatic imine (C=N–C) groups is 1. The molecule has 6 heteroatoms. The number of nitrogens with one attached hydrogen (secondary N) is 1. The van der Waals surface area contributed by atoms with Crippen LogP contribution in [0.15, 0.2) is 53.8 Å². The summed E-state index contributed by atoms with van der Waals surface area (Å²) in [5.74, 6) is 0. The molecule has 2 heterocycles. The molecule has 3 aromatic rings. The lowest BCUT2D eigenvalue weighted by Crippen LogP contribution is -2.12. The number of rotatable bonds is 2. The summed E-state index contributed by atoms with van der Waals surface area (Å²) in [6.07, 6.45) is 7.77. The van der Waals surface area contributed by atoms with Crippen molar-refractivity contribution in [1.82, 2.24) is 14.7 Å². The Labute approximate surface area is 138 Å². The molecule has 0 spiro atoms. The summed E-state index contributed by atoms with van der Waals surface area (Å²) < 4.78 is 2.03. The number of fused-ring (bicyclic) bond motifs is 1. The van der Waals surface area contributed by atoms with E-state index >= 15 is 0 Å². The zero-order valence-electron chi connectivity index (χ0n) is 12.8. The van der Waals surface area contributed by atoms with E-state index in [1.807, 2.05) is 59.6 Å². The number of hydrogen-bond acceptors (Lipinski definition) is 4. The number of pyridine rings is 1. The fourth-order valence-corrected chi connectivity index (χ4v) is 2.63. The molecule has 0 fully saturated rings. The third-order valence-corrected chi connectivity index (χ3v) is 4.01. The van der Waals surface area contributed by atoms with Gasteiger partial charge < -0.3 is 4.40 Å². The van der Waals surface area contributed by atoms with E-state index in [0.717, 1.165) is 28.2 Å². The van der Waals surface area contributed by atoms with E-state index in [4.69, 9.17) is 5.26 Å². The second-order valence-corrected chi connectivity index (χ2v) is 5.75. The Morgan fingerprint density at radius 1 is 1.30 bits per heavy atom. The smallest absolute Gasteiger partial charge is 0.183 e. The molecule has 0 saturated heterocycles. The number of hydrogen-bond donors (Lipinski definition) is 1. The summed E-state index contributed by atoms with van der Waals surface area (Å²) in [6, 6.07) is 11.9. The van der Waals surface area contributed by atoms with Crippen molar-refractivity contribution in [3.05, 3.63) is 54.4 Å². The molecule has 114 valence electrons. The molecule has 0 amide bonds. The van der Waals surface area contributed by atoms with Crippen LogP contribution in [-0.2, 0) is 0 Å². The summed E-state index contributed by atoms with van der Waals surface area (Å²) in [4.78, 5) is 9.07. The highest BCUT2D eigenvalue weighted by atomic mass is 32.2. The highest BCUT2D eigenvalue weighted by molar-refractivity contribution is 8.13. The Morgan fingerprint density at radius 3 is 2.74 bits per heavy atom. The predicted molar refractivity (Wildman–Crippen MR) is 94.7 cm³/mol. The molecule has 3 rings (SSSR count). The lowest BCUT2D eigenvalue weighted by molar-refractivity contribution is 1.16. The number of imidazole rings is 1. The van der Waals surface area contributed by atoms with E-state index < -0.39 is 0 Å². The van der Waals surface area contributed by atoms with Crippen LogP contribution >= 0.6 is 11.8 Å². The molecular formula is C17H15N5S. The fraction of sp³-hybridized carbons (Fsp3) is 0.118. The summed E-state index contributed by atoms with van der Waals surface area (Å²) in [7, 11) is 0. The normalized spacial score (nSPS) is 11.4. The molecule has 0 atom stereocenters. The maximum absolute atomic E-state index is 8.66. The van der Waals surface area contributed by atoms with Crippen molar-refractivity contribution < 1.29 is 0 Å². The Kier molecular flexibility index (Phi) is 4.31. The Balaban J connectivity index is 1.92. The zero-order valence-corrected chi connectivity index (χ0v) is 13.6. The van der Waals surface area contributed by atoms with E-state index in [0.29, 0.717) is 5.17 Å². The van der Waals surface area contributed by atoms with Crippen molar-refractivity contribution >= 4 is 28.3 Å². The molecule has 0 aliphatic carbocycles. The Hall–Kier alpha value is -2.78. The van der Waals surface area contributed by atoms with Gasteiger partial charge in [-0.05, 0) is 36.9 Å². The van der Waals surface area contributed by atoms with Crippen molar-refractivity contribution in [2.75, 3.05) is 6.26 Å². The van der Waals surface area contributed by atoms with Crippen LogP contribution in [0.5, 0.6) is 0 Å². The van der Waals surface area contributed by atoms with Gasteiger partial charge in [0.05, 0.1) is 11.4 Å². The van der Waals surface area contributed by atoms with Gasteiger partial charge in [-0.2, -0.15) is 5.26 Å². The monoisotopic (exact) mass is 321 g/mol. The minimum absolute atomic E-state index is 0.573. The Morgan fingerprint density at radius 2 is 2.09 bits per heavy atom. The number of nitriles is 1. The van der Waals surface area contributed by atoms with Crippen LogP contribution < -0.4 is 5.32 Å². The minimum Gasteiger partial charge on any atom is -0.306 e. The third-order valence-electron chi connectivity index (χ3n) is 3.43. The van der Waals surface area contributed by atoms with Gasteiger partial charge in [0.2, 0.25) is 0 Å².